The van der Waals surface area contributed by atoms with Crippen LogP contribution in [0.5, 0.6) is 11.5 Å². The van der Waals surface area contributed by atoms with E-state index in [9.17, 15) is 9.59 Å². The number of hydrogen-bond donors (Lipinski definition) is 1. The van der Waals surface area contributed by atoms with Crippen molar-refractivity contribution in [3.8, 4) is 21.9 Å². The summed E-state index contributed by atoms with van der Waals surface area (Å²) >= 11 is 1.34. The van der Waals surface area contributed by atoms with Gasteiger partial charge in [-0.25, -0.2) is 4.79 Å². The summed E-state index contributed by atoms with van der Waals surface area (Å²) in [5, 5.41) is 2.72. The molecule has 1 aliphatic rings. The number of para-hydroxylation sites is 3. The van der Waals surface area contributed by atoms with E-state index in [4.69, 9.17) is 14.2 Å². The molecule has 29 heavy (non-hydrogen) atoms. The first-order chi connectivity index (χ1) is 14.1. The second kappa shape index (κ2) is 7.97. The summed E-state index contributed by atoms with van der Waals surface area (Å²) in [6.45, 7) is 1.94. The van der Waals surface area contributed by atoms with Crippen molar-refractivity contribution in [2.45, 2.75) is 19.6 Å². The summed E-state index contributed by atoms with van der Waals surface area (Å²) in [4.78, 5) is 26.5. The Balaban J connectivity index is 1.46. The number of fused-ring (bicyclic) bond motifs is 3. The lowest BCUT2D eigenvalue weighted by molar-refractivity contribution is -0.123. The average molecular weight is 409 g/mol. The van der Waals surface area contributed by atoms with Crippen LogP contribution in [0.25, 0.3) is 10.4 Å². The van der Waals surface area contributed by atoms with Crippen molar-refractivity contribution in [1.29, 1.82) is 0 Å². The predicted molar refractivity (Wildman–Crippen MR) is 111 cm³/mol. The third-order valence-corrected chi connectivity index (χ3v) is 5.73. The van der Waals surface area contributed by atoms with Crippen molar-refractivity contribution >= 4 is 28.9 Å². The van der Waals surface area contributed by atoms with E-state index in [0.29, 0.717) is 22.9 Å². The molecule has 1 aromatic heterocycles. The van der Waals surface area contributed by atoms with E-state index in [1.807, 2.05) is 24.3 Å². The summed E-state index contributed by atoms with van der Waals surface area (Å²) in [7, 11) is 1.52. The molecule has 0 radical (unpaired) electrons. The van der Waals surface area contributed by atoms with E-state index in [1.165, 1.54) is 25.4 Å². The van der Waals surface area contributed by atoms with Crippen LogP contribution in [0.15, 0.2) is 54.6 Å². The summed E-state index contributed by atoms with van der Waals surface area (Å²) in [6.07, 6.45) is -0.963. The number of amides is 1. The molecule has 2 heterocycles. The standard InChI is InChI=1S/C22H19NO5S/c1-13(21(24)23-16-8-4-6-10-18(16)26-2)28-22(25)19-11-14-12-27-17-9-5-3-7-15(17)20(14)29-19/h3-11,13H,12H2,1-2H3,(H,23,24)/t13-/m0/s1. The molecule has 6 nitrogen and oxygen atoms in total. The number of thiophene rings is 1. The highest BCUT2D eigenvalue weighted by atomic mass is 32.1. The quantitative estimate of drug-likeness (QED) is 0.628. The largest absolute Gasteiger partial charge is 0.495 e. The van der Waals surface area contributed by atoms with E-state index in [-0.39, 0.29) is 0 Å². The SMILES string of the molecule is COc1ccccc1NC(=O)[C@H](C)OC(=O)c1cc2c(s1)-c1ccccc1OC2. The van der Waals surface area contributed by atoms with Crippen LogP contribution >= 0.6 is 11.3 Å². The van der Waals surface area contributed by atoms with Crippen LogP contribution in [-0.2, 0) is 16.1 Å². The Bertz CT molecular complexity index is 1070. The molecule has 0 spiro atoms. The van der Waals surface area contributed by atoms with Crippen molar-refractivity contribution in [2.24, 2.45) is 0 Å². The topological polar surface area (TPSA) is 73.9 Å². The third-order valence-electron chi connectivity index (χ3n) is 4.54. The molecule has 0 saturated carbocycles. The van der Waals surface area contributed by atoms with Gasteiger partial charge in [0.2, 0.25) is 0 Å². The van der Waals surface area contributed by atoms with Gasteiger partial charge < -0.3 is 19.5 Å². The van der Waals surface area contributed by atoms with Gasteiger partial charge in [-0.2, -0.15) is 0 Å². The highest BCUT2D eigenvalue weighted by Crippen LogP contribution is 2.42. The Morgan fingerprint density at radius 3 is 2.72 bits per heavy atom. The molecule has 1 amide bonds. The molecule has 1 N–H and O–H groups in total. The van der Waals surface area contributed by atoms with E-state index in [1.54, 1.807) is 30.3 Å². The van der Waals surface area contributed by atoms with E-state index < -0.39 is 18.0 Å². The molecule has 0 aliphatic carbocycles. The van der Waals surface area contributed by atoms with Crippen molar-refractivity contribution < 1.29 is 23.8 Å². The fraction of sp³-hybridized carbons (Fsp3) is 0.182. The predicted octanol–water partition coefficient (Wildman–Crippen LogP) is 4.50. The smallest absolute Gasteiger partial charge is 0.349 e. The highest BCUT2D eigenvalue weighted by molar-refractivity contribution is 7.17. The van der Waals surface area contributed by atoms with Crippen molar-refractivity contribution in [1.82, 2.24) is 0 Å². The number of esters is 1. The Morgan fingerprint density at radius 1 is 1.14 bits per heavy atom. The van der Waals surface area contributed by atoms with Crippen LogP contribution in [0, 0.1) is 0 Å². The minimum atomic E-state index is -0.963. The summed E-state index contributed by atoms with van der Waals surface area (Å²) in [5.41, 5.74) is 2.41. The van der Waals surface area contributed by atoms with Crippen LogP contribution in [0.1, 0.15) is 22.2 Å². The van der Waals surface area contributed by atoms with Crippen LogP contribution in [0.2, 0.25) is 0 Å². The number of nitrogens with one attached hydrogen (secondary N) is 1. The molecule has 0 unspecified atom stereocenters. The number of carbonyl (C=O) groups excluding carboxylic acids is 2. The summed E-state index contributed by atoms with van der Waals surface area (Å²) < 4.78 is 16.3. The zero-order valence-corrected chi connectivity index (χ0v) is 16.7. The van der Waals surface area contributed by atoms with E-state index in [0.717, 1.165) is 21.8 Å². The van der Waals surface area contributed by atoms with Gasteiger partial charge in [0.05, 0.1) is 12.8 Å². The maximum Gasteiger partial charge on any atom is 0.349 e. The van der Waals surface area contributed by atoms with E-state index in [2.05, 4.69) is 5.32 Å². The van der Waals surface area contributed by atoms with Gasteiger partial charge >= 0.3 is 5.97 Å². The summed E-state index contributed by atoms with van der Waals surface area (Å²) in [5.74, 6) is 0.359. The van der Waals surface area contributed by atoms with Gasteiger partial charge in [0.1, 0.15) is 23.0 Å². The van der Waals surface area contributed by atoms with Gasteiger partial charge in [-0.05, 0) is 37.3 Å². The lowest BCUT2D eigenvalue weighted by Crippen LogP contribution is -2.29. The number of hydrogen-bond acceptors (Lipinski definition) is 6. The first-order valence-corrected chi connectivity index (χ1v) is 9.88. The molecule has 0 fully saturated rings. The molecule has 7 heteroatoms. The van der Waals surface area contributed by atoms with Gasteiger partial charge in [-0.1, -0.05) is 24.3 Å². The molecule has 148 valence electrons. The Morgan fingerprint density at radius 2 is 1.90 bits per heavy atom. The van der Waals surface area contributed by atoms with E-state index >= 15 is 0 Å². The monoisotopic (exact) mass is 409 g/mol. The van der Waals surface area contributed by atoms with Crippen molar-refractivity contribution in [2.75, 3.05) is 12.4 Å². The molecular formula is C22H19NO5S. The average Bonchev–Trinajstić information content (AvgIpc) is 3.19. The Hall–Kier alpha value is -3.32. The normalized spacial score (nSPS) is 12.8. The number of benzene rings is 2. The number of anilines is 1. The lowest BCUT2D eigenvalue weighted by Gasteiger charge is -2.16. The van der Waals surface area contributed by atoms with Crippen molar-refractivity contribution in [3.63, 3.8) is 0 Å². The van der Waals surface area contributed by atoms with Gasteiger partial charge in [-0.3, -0.25) is 4.79 Å². The van der Waals surface area contributed by atoms with Crippen LogP contribution in [-0.4, -0.2) is 25.1 Å². The van der Waals surface area contributed by atoms with Gasteiger partial charge in [-0.15, -0.1) is 11.3 Å². The van der Waals surface area contributed by atoms with Crippen LogP contribution in [0.3, 0.4) is 0 Å². The molecular weight excluding hydrogens is 390 g/mol. The van der Waals surface area contributed by atoms with Crippen LogP contribution < -0.4 is 14.8 Å². The molecule has 0 bridgehead atoms. The van der Waals surface area contributed by atoms with Gasteiger partial charge in [0, 0.05) is 16.0 Å². The van der Waals surface area contributed by atoms with Crippen molar-refractivity contribution in [3.05, 3.63) is 65.0 Å². The first kappa shape index (κ1) is 19.0. The maximum absolute atomic E-state index is 12.6. The minimum Gasteiger partial charge on any atom is -0.495 e. The molecule has 0 saturated heterocycles. The van der Waals surface area contributed by atoms with Gasteiger partial charge in [0.15, 0.2) is 6.10 Å². The molecule has 1 aliphatic heterocycles. The van der Waals surface area contributed by atoms with Gasteiger partial charge in [0.25, 0.3) is 5.91 Å². The fourth-order valence-corrected chi connectivity index (χ4v) is 4.13. The zero-order chi connectivity index (χ0) is 20.4. The third kappa shape index (κ3) is 3.82. The molecule has 3 aromatic rings. The molecule has 4 rings (SSSR count). The first-order valence-electron chi connectivity index (χ1n) is 9.06. The number of ether oxygens (including phenoxy) is 3. The number of carbonyl (C=O) groups is 2. The fourth-order valence-electron chi connectivity index (χ4n) is 3.05. The number of methoxy groups -OCH3 is 1. The number of rotatable bonds is 5. The second-order valence-corrected chi connectivity index (χ2v) is 7.54. The summed E-state index contributed by atoms with van der Waals surface area (Å²) in [6, 6.07) is 16.5. The van der Waals surface area contributed by atoms with Crippen LogP contribution in [0.4, 0.5) is 5.69 Å². The lowest BCUT2D eigenvalue weighted by atomic mass is 10.1. The minimum absolute atomic E-state index is 0.403. The Kier molecular flexibility index (Phi) is 5.22. The Labute approximate surface area is 172 Å². The molecule has 2 aromatic carbocycles. The molecule has 1 atom stereocenters. The zero-order valence-electron chi connectivity index (χ0n) is 15.9. The maximum atomic E-state index is 12.6. The highest BCUT2D eigenvalue weighted by Gasteiger charge is 2.25. The second-order valence-electron chi connectivity index (χ2n) is 6.49.